The van der Waals surface area contributed by atoms with E-state index in [2.05, 4.69) is 15.0 Å². The molecule has 28 heavy (non-hydrogen) atoms. The first-order chi connectivity index (χ1) is 13.3. The largest absolute Gasteiger partial charge is 0.481 e. The van der Waals surface area contributed by atoms with Crippen LogP contribution in [-0.4, -0.2) is 35.2 Å². The smallest absolute Gasteiger partial charge is 0.329 e. The van der Waals surface area contributed by atoms with Crippen molar-refractivity contribution >= 4 is 39.9 Å². The predicted molar refractivity (Wildman–Crippen MR) is 101 cm³/mol. The third kappa shape index (κ3) is 2.80. The van der Waals surface area contributed by atoms with E-state index in [1.165, 1.54) is 22.3 Å². The summed E-state index contributed by atoms with van der Waals surface area (Å²) in [6.07, 6.45) is 1.13. The van der Waals surface area contributed by atoms with E-state index >= 15 is 0 Å². The molecule has 0 fully saturated rings. The number of fused-ring (bicyclic) bond motifs is 2. The van der Waals surface area contributed by atoms with Gasteiger partial charge in [0.1, 0.15) is 11.3 Å². The number of carboxylic acids is 1. The molecule has 0 aliphatic carbocycles. The van der Waals surface area contributed by atoms with Gasteiger partial charge in [-0.15, -0.1) is 0 Å². The van der Waals surface area contributed by atoms with E-state index in [0.29, 0.717) is 16.9 Å². The van der Waals surface area contributed by atoms with Gasteiger partial charge in [-0.3, -0.25) is 19.1 Å². The second kappa shape index (κ2) is 6.34. The summed E-state index contributed by atoms with van der Waals surface area (Å²) in [6, 6.07) is 7.07. The van der Waals surface area contributed by atoms with E-state index in [1.54, 1.807) is 31.3 Å². The number of oxazole rings is 1. The van der Waals surface area contributed by atoms with Crippen molar-refractivity contribution in [3.63, 3.8) is 0 Å². The highest BCUT2D eigenvalue weighted by molar-refractivity contribution is 5.91. The number of carboxylic acid groups (broad SMARTS) is 1. The fraction of sp³-hybridized carbons (Fsp3) is 0.167. The molecule has 2 N–H and O–H groups in total. The van der Waals surface area contributed by atoms with Gasteiger partial charge in [0.15, 0.2) is 16.7 Å². The molecule has 0 amide bonds. The minimum Gasteiger partial charge on any atom is -0.481 e. The van der Waals surface area contributed by atoms with Crippen LogP contribution >= 0.6 is 0 Å². The second-order valence-corrected chi connectivity index (χ2v) is 6.25. The van der Waals surface area contributed by atoms with Gasteiger partial charge in [0.2, 0.25) is 5.89 Å². The number of aliphatic carboxylic acids is 1. The monoisotopic (exact) mass is 381 g/mol. The van der Waals surface area contributed by atoms with Gasteiger partial charge in [-0.1, -0.05) is 12.1 Å². The van der Waals surface area contributed by atoms with E-state index in [1.807, 2.05) is 0 Å². The normalized spacial score (nSPS) is 12.1. The lowest BCUT2D eigenvalue weighted by Gasteiger charge is -2.01. The zero-order chi connectivity index (χ0) is 20.0. The quantitative estimate of drug-likeness (QED) is 0.540. The van der Waals surface area contributed by atoms with Crippen LogP contribution < -0.4 is 11.2 Å². The molecule has 0 saturated carbocycles. The van der Waals surface area contributed by atoms with E-state index < -0.39 is 17.2 Å². The molecule has 0 atom stereocenters. The molecular formula is C18H15N5O5. The molecule has 0 unspecified atom stereocenters. The van der Waals surface area contributed by atoms with Crippen molar-refractivity contribution in [2.45, 2.75) is 6.42 Å². The molecule has 4 rings (SSSR count). The number of nitrogens with one attached hydrogen (secondary N) is 1. The SMILES string of the molecule is Cn1c(C=C(CC(=O)O)c2nc3ccccc3o2)nc2c1c(=O)[nH]c(=O)n2C. The fourth-order valence-corrected chi connectivity index (χ4v) is 2.97. The highest BCUT2D eigenvalue weighted by Gasteiger charge is 2.18. The molecule has 142 valence electrons. The highest BCUT2D eigenvalue weighted by atomic mass is 16.4. The molecule has 0 saturated heterocycles. The molecule has 0 aliphatic rings. The van der Waals surface area contributed by atoms with Crippen molar-refractivity contribution in [2.75, 3.05) is 0 Å². The van der Waals surface area contributed by atoms with Gasteiger partial charge < -0.3 is 14.1 Å². The number of hydrogen-bond acceptors (Lipinski definition) is 6. The Morgan fingerprint density at radius 1 is 1.21 bits per heavy atom. The number of rotatable bonds is 4. The van der Waals surface area contributed by atoms with Crippen LogP contribution in [0.1, 0.15) is 18.1 Å². The molecule has 0 aliphatic heterocycles. The van der Waals surface area contributed by atoms with Crippen molar-refractivity contribution in [1.29, 1.82) is 0 Å². The van der Waals surface area contributed by atoms with E-state index in [0.717, 1.165) is 0 Å². The number of aromatic nitrogens is 5. The molecule has 3 aromatic heterocycles. The zero-order valence-corrected chi connectivity index (χ0v) is 15.0. The summed E-state index contributed by atoms with van der Waals surface area (Å²) in [4.78, 5) is 46.2. The summed E-state index contributed by atoms with van der Waals surface area (Å²) < 4.78 is 8.38. The Kier molecular flexibility index (Phi) is 3.95. The number of carbonyl (C=O) groups is 1. The van der Waals surface area contributed by atoms with Gasteiger partial charge in [0.25, 0.3) is 5.56 Å². The molecule has 10 nitrogen and oxygen atoms in total. The van der Waals surface area contributed by atoms with Crippen molar-refractivity contribution in [3.8, 4) is 0 Å². The van der Waals surface area contributed by atoms with Crippen molar-refractivity contribution in [2.24, 2.45) is 14.1 Å². The van der Waals surface area contributed by atoms with Gasteiger partial charge in [0.05, 0.1) is 6.42 Å². The summed E-state index contributed by atoms with van der Waals surface area (Å²) in [5.74, 6) is -0.629. The summed E-state index contributed by atoms with van der Waals surface area (Å²) in [7, 11) is 3.09. The number of nitrogens with zero attached hydrogens (tertiary/aromatic N) is 4. The lowest BCUT2D eigenvalue weighted by molar-refractivity contribution is -0.135. The number of hydrogen-bond donors (Lipinski definition) is 2. The standard InChI is InChI=1S/C18H15N5O5/c1-22-12(20-15-14(22)16(26)21-18(27)23(15)2)7-9(8-13(24)25)17-19-10-5-3-4-6-11(10)28-17/h3-7H,8H2,1-2H3,(H,24,25)(H,21,26,27). The van der Waals surface area contributed by atoms with Gasteiger partial charge in [-0.2, -0.15) is 0 Å². The van der Waals surface area contributed by atoms with Crippen LogP contribution in [0.3, 0.4) is 0 Å². The second-order valence-electron chi connectivity index (χ2n) is 6.25. The number of benzene rings is 1. The third-order valence-electron chi connectivity index (χ3n) is 4.38. The van der Waals surface area contributed by atoms with E-state index in [4.69, 9.17) is 4.42 Å². The molecule has 4 aromatic rings. The van der Waals surface area contributed by atoms with Crippen LogP contribution in [0.25, 0.3) is 33.9 Å². The van der Waals surface area contributed by atoms with Crippen molar-refractivity contribution < 1.29 is 14.3 Å². The minimum absolute atomic E-state index is 0.151. The van der Waals surface area contributed by atoms with E-state index in [-0.39, 0.29) is 29.0 Å². The van der Waals surface area contributed by atoms with Crippen LogP contribution in [0.2, 0.25) is 0 Å². The van der Waals surface area contributed by atoms with Crippen LogP contribution in [0.4, 0.5) is 0 Å². The summed E-state index contributed by atoms with van der Waals surface area (Å²) in [5.41, 5.74) is 0.624. The van der Waals surface area contributed by atoms with E-state index in [9.17, 15) is 19.5 Å². The third-order valence-corrected chi connectivity index (χ3v) is 4.38. The Morgan fingerprint density at radius 2 is 1.96 bits per heavy atom. The first kappa shape index (κ1) is 17.5. The Hall–Kier alpha value is -3.95. The number of aryl methyl sites for hydroxylation is 2. The van der Waals surface area contributed by atoms with Gasteiger partial charge in [-0.05, 0) is 18.2 Å². The maximum atomic E-state index is 12.2. The summed E-state index contributed by atoms with van der Waals surface area (Å²) in [6.45, 7) is 0. The molecule has 0 bridgehead atoms. The predicted octanol–water partition coefficient (Wildman–Crippen LogP) is 1.12. The number of imidazole rings is 1. The van der Waals surface area contributed by atoms with Crippen LogP contribution in [-0.2, 0) is 18.9 Å². The summed E-state index contributed by atoms with van der Waals surface area (Å²) in [5, 5.41) is 9.29. The minimum atomic E-state index is -1.07. The maximum Gasteiger partial charge on any atom is 0.329 e. The fourth-order valence-electron chi connectivity index (χ4n) is 2.97. The summed E-state index contributed by atoms with van der Waals surface area (Å²) >= 11 is 0. The Morgan fingerprint density at radius 3 is 2.68 bits per heavy atom. The van der Waals surface area contributed by atoms with Crippen LogP contribution in [0, 0.1) is 0 Å². The number of H-pyrrole nitrogens is 1. The van der Waals surface area contributed by atoms with Crippen molar-refractivity contribution in [1.82, 2.24) is 24.1 Å². The number of para-hydroxylation sites is 2. The molecule has 1 aromatic carbocycles. The molecule has 0 spiro atoms. The molecule has 0 radical (unpaired) electrons. The van der Waals surface area contributed by atoms with Gasteiger partial charge in [0, 0.05) is 19.7 Å². The Labute approximate surface area is 156 Å². The highest BCUT2D eigenvalue weighted by Crippen LogP contribution is 2.25. The molecule has 10 heteroatoms. The average molecular weight is 381 g/mol. The lowest BCUT2D eigenvalue weighted by atomic mass is 10.1. The number of aromatic amines is 1. The van der Waals surface area contributed by atoms with Gasteiger partial charge in [-0.25, -0.2) is 14.8 Å². The molecular weight excluding hydrogens is 366 g/mol. The van der Waals surface area contributed by atoms with Crippen LogP contribution in [0.15, 0.2) is 38.3 Å². The molecule has 3 heterocycles. The average Bonchev–Trinajstić information content (AvgIpc) is 3.21. The topological polar surface area (TPSA) is 136 Å². The van der Waals surface area contributed by atoms with Crippen molar-refractivity contribution in [3.05, 3.63) is 56.8 Å². The zero-order valence-electron chi connectivity index (χ0n) is 15.0. The van der Waals surface area contributed by atoms with Gasteiger partial charge >= 0.3 is 11.7 Å². The lowest BCUT2D eigenvalue weighted by Crippen LogP contribution is -2.29. The Bertz CT molecular complexity index is 1350. The first-order valence-corrected chi connectivity index (χ1v) is 8.29. The first-order valence-electron chi connectivity index (χ1n) is 8.29. The maximum absolute atomic E-state index is 12.2. The van der Waals surface area contributed by atoms with Crippen LogP contribution in [0.5, 0.6) is 0 Å². The Balaban J connectivity index is 1.94.